The highest BCUT2D eigenvalue weighted by Crippen LogP contribution is 2.26. The maximum atomic E-state index is 11.1. The lowest BCUT2D eigenvalue weighted by atomic mass is 10.1. The van der Waals surface area contributed by atoms with Crippen molar-refractivity contribution in [2.24, 2.45) is 0 Å². The SMILES string of the molecule is CCCc1cc(C(=O)O)cc(Oc2ccccc2I)n1. The predicted octanol–water partition coefficient (Wildman–Crippen LogP) is 4.13. The molecule has 0 saturated carbocycles. The van der Waals surface area contributed by atoms with Gasteiger partial charge in [0.2, 0.25) is 5.88 Å². The van der Waals surface area contributed by atoms with Gasteiger partial charge in [-0.1, -0.05) is 25.5 Å². The van der Waals surface area contributed by atoms with Gasteiger partial charge in [-0.2, -0.15) is 0 Å². The number of carbonyl (C=O) groups is 1. The monoisotopic (exact) mass is 383 g/mol. The molecule has 5 heteroatoms. The van der Waals surface area contributed by atoms with Crippen molar-refractivity contribution in [2.45, 2.75) is 19.8 Å². The Hall–Kier alpha value is -1.63. The van der Waals surface area contributed by atoms with Crippen LogP contribution in [-0.2, 0) is 6.42 Å². The largest absolute Gasteiger partial charge is 0.478 e. The average molecular weight is 383 g/mol. The van der Waals surface area contributed by atoms with Crippen LogP contribution in [0.4, 0.5) is 0 Å². The van der Waals surface area contributed by atoms with Crippen molar-refractivity contribution in [1.82, 2.24) is 4.98 Å². The summed E-state index contributed by atoms with van der Waals surface area (Å²) in [6.45, 7) is 2.02. The van der Waals surface area contributed by atoms with E-state index in [-0.39, 0.29) is 5.56 Å². The molecule has 104 valence electrons. The second kappa shape index (κ2) is 6.69. The molecule has 0 fully saturated rings. The van der Waals surface area contributed by atoms with Crippen molar-refractivity contribution in [3.8, 4) is 11.6 Å². The molecule has 2 aromatic rings. The van der Waals surface area contributed by atoms with Gasteiger partial charge in [0.25, 0.3) is 0 Å². The fourth-order valence-corrected chi connectivity index (χ4v) is 2.26. The number of pyridine rings is 1. The summed E-state index contributed by atoms with van der Waals surface area (Å²) >= 11 is 2.17. The fourth-order valence-electron chi connectivity index (χ4n) is 1.76. The maximum Gasteiger partial charge on any atom is 0.335 e. The van der Waals surface area contributed by atoms with Crippen molar-refractivity contribution in [3.05, 3.63) is 51.2 Å². The van der Waals surface area contributed by atoms with Crippen LogP contribution >= 0.6 is 22.6 Å². The summed E-state index contributed by atoms with van der Waals surface area (Å²) in [6, 6.07) is 10.6. The van der Waals surface area contributed by atoms with Gasteiger partial charge >= 0.3 is 5.97 Å². The lowest BCUT2D eigenvalue weighted by Crippen LogP contribution is -2.02. The number of nitrogens with zero attached hydrogens (tertiary/aromatic N) is 1. The first-order chi connectivity index (χ1) is 9.60. The van der Waals surface area contributed by atoms with Crippen LogP contribution in [0.25, 0.3) is 0 Å². The normalized spacial score (nSPS) is 10.3. The molecule has 1 N–H and O–H groups in total. The molecular formula is C15H14INO3. The van der Waals surface area contributed by atoms with Crippen LogP contribution in [0.5, 0.6) is 11.6 Å². The third-order valence-corrected chi connectivity index (χ3v) is 3.55. The van der Waals surface area contributed by atoms with E-state index < -0.39 is 5.97 Å². The lowest BCUT2D eigenvalue weighted by molar-refractivity contribution is 0.0696. The van der Waals surface area contributed by atoms with Crippen LogP contribution in [0.15, 0.2) is 36.4 Å². The summed E-state index contributed by atoms with van der Waals surface area (Å²) in [5.74, 6) is 0.0143. The van der Waals surface area contributed by atoms with E-state index >= 15 is 0 Å². The molecule has 0 unspecified atom stereocenters. The summed E-state index contributed by atoms with van der Waals surface area (Å²) in [7, 11) is 0. The van der Waals surface area contributed by atoms with Crippen molar-refractivity contribution < 1.29 is 14.6 Å². The third-order valence-electron chi connectivity index (χ3n) is 2.66. The van der Waals surface area contributed by atoms with Crippen LogP contribution in [0.2, 0.25) is 0 Å². The Labute approximate surface area is 130 Å². The highest BCUT2D eigenvalue weighted by atomic mass is 127. The highest BCUT2D eigenvalue weighted by molar-refractivity contribution is 14.1. The first kappa shape index (κ1) is 14.8. The van der Waals surface area contributed by atoms with E-state index in [1.807, 2.05) is 31.2 Å². The molecule has 1 aromatic heterocycles. The first-order valence-electron chi connectivity index (χ1n) is 6.26. The number of carboxylic acid groups (broad SMARTS) is 1. The molecule has 2 rings (SSSR count). The number of aromatic carboxylic acids is 1. The molecule has 0 saturated heterocycles. The maximum absolute atomic E-state index is 11.1. The van der Waals surface area contributed by atoms with E-state index in [1.165, 1.54) is 6.07 Å². The molecule has 0 amide bonds. The van der Waals surface area contributed by atoms with Crippen LogP contribution < -0.4 is 4.74 Å². The number of hydrogen-bond donors (Lipinski definition) is 1. The number of rotatable bonds is 5. The Bertz CT molecular complexity index is 628. The Balaban J connectivity index is 2.35. The highest BCUT2D eigenvalue weighted by Gasteiger charge is 2.10. The Morgan fingerprint density at radius 1 is 1.35 bits per heavy atom. The Kier molecular flexibility index (Phi) is 4.94. The number of aromatic nitrogens is 1. The van der Waals surface area contributed by atoms with Gasteiger partial charge in [-0.15, -0.1) is 0 Å². The van der Waals surface area contributed by atoms with Gasteiger partial charge in [0.1, 0.15) is 5.75 Å². The summed E-state index contributed by atoms with van der Waals surface area (Å²) in [5.41, 5.74) is 0.928. The van der Waals surface area contributed by atoms with Crippen molar-refractivity contribution in [3.63, 3.8) is 0 Å². The average Bonchev–Trinajstić information content (AvgIpc) is 2.41. The number of hydrogen-bond acceptors (Lipinski definition) is 3. The van der Waals surface area contributed by atoms with Crippen molar-refractivity contribution >= 4 is 28.6 Å². The van der Waals surface area contributed by atoms with Crippen LogP contribution in [-0.4, -0.2) is 16.1 Å². The first-order valence-corrected chi connectivity index (χ1v) is 7.34. The van der Waals surface area contributed by atoms with Crippen LogP contribution in [0.3, 0.4) is 0 Å². The number of carboxylic acids is 1. The molecule has 0 atom stereocenters. The molecule has 1 heterocycles. The molecule has 0 aliphatic carbocycles. The van der Waals surface area contributed by atoms with Gasteiger partial charge in [0.15, 0.2) is 0 Å². The third kappa shape index (κ3) is 3.69. The van der Waals surface area contributed by atoms with Gasteiger partial charge in [-0.25, -0.2) is 9.78 Å². The van der Waals surface area contributed by atoms with E-state index in [4.69, 9.17) is 9.84 Å². The van der Waals surface area contributed by atoms with Gasteiger partial charge in [0, 0.05) is 11.8 Å². The smallest absolute Gasteiger partial charge is 0.335 e. The zero-order valence-corrected chi connectivity index (χ0v) is 13.1. The number of ether oxygens (including phenoxy) is 1. The molecule has 4 nitrogen and oxygen atoms in total. The van der Waals surface area contributed by atoms with E-state index in [0.717, 1.165) is 22.1 Å². The molecule has 0 radical (unpaired) electrons. The van der Waals surface area contributed by atoms with Crippen LogP contribution in [0.1, 0.15) is 29.4 Å². The van der Waals surface area contributed by atoms with Gasteiger partial charge < -0.3 is 9.84 Å². The quantitative estimate of drug-likeness (QED) is 0.789. The van der Waals surface area contributed by atoms with Gasteiger partial charge in [-0.3, -0.25) is 0 Å². The number of halogens is 1. The second-order valence-electron chi connectivity index (χ2n) is 4.27. The number of aryl methyl sites for hydroxylation is 1. The summed E-state index contributed by atoms with van der Waals surface area (Å²) in [4.78, 5) is 15.5. The Morgan fingerprint density at radius 3 is 2.75 bits per heavy atom. The molecule has 0 bridgehead atoms. The predicted molar refractivity (Wildman–Crippen MR) is 84.4 cm³/mol. The zero-order chi connectivity index (χ0) is 14.5. The van der Waals surface area contributed by atoms with Crippen molar-refractivity contribution in [2.75, 3.05) is 0 Å². The number of para-hydroxylation sites is 1. The van der Waals surface area contributed by atoms with Crippen molar-refractivity contribution in [1.29, 1.82) is 0 Å². The zero-order valence-electron chi connectivity index (χ0n) is 11.0. The number of benzene rings is 1. The molecule has 0 aliphatic rings. The minimum Gasteiger partial charge on any atom is -0.478 e. The molecular weight excluding hydrogens is 369 g/mol. The standard InChI is InChI=1S/C15H14INO3/c1-2-5-11-8-10(15(18)19)9-14(17-11)20-13-7-4-3-6-12(13)16/h3-4,6-9H,2,5H2,1H3,(H,18,19). The minimum atomic E-state index is -0.975. The fraction of sp³-hybridized carbons (Fsp3) is 0.200. The second-order valence-corrected chi connectivity index (χ2v) is 5.44. The Morgan fingerprint density at radius 2 is 2.10 bits per heavy atom. The van der Waals surface area contributed by atoms with Gasteiger partial charge in [0.05, 0.1) is 9.13 Å². The topological polar surface area (TPSA) is 59.4 Å². The van der Waals surface area contributed by atoms with E-state index in [2.05, 4.69) is 27.6 Å². The summed E-state index contributed by atoms with van der Waals surface area (Å²) in [6.07, 6.45) is 1.63. The molecule has 20 heavy (non-hydrogen) atoms. The molecule has 0 aliphatic heterocycles. The van der Waals surface area contributed by atoms with Gasteiger partial charge in [-0.05, 0) is 47.2 Å². The molecule has 0 spiro atoms. The van der Waals surface area contributed by atoms with E-state index in [9.17, 15) is 4.79 Å². The van der Waals surface area contributed by atoms with Crippen LogP contribution in [0, 0.1) is 3.57 Å². The van der Waals surface area contributed by atoms with E-state index in [1.54, 1.807) is 6.07 Å². The summed E-state index contributed by atoms with van der Waals surface area (Å²) in [5, 5.41) is 9.14. The minimum absolute atomic E-state index is 0.199. The van der Waals surface area contributed by atoms with E-state index in [0.29, 0.717) is 11.6 Å². The molecule has 1 aromatic carbocycles. The summed E-state index contributed by atoms with van der Waals surface area (Å²) < 4.78 is 6.65. The lowest BCUT2D eigenvalue weighted by Gasteiger charge is -2.09.